The zero-order valence-electron chi connectivity index (χ0n) is 17.7. The molecule has 0 saturated carbocycles. The van der Waals surface area contributed by atoms with Gasteiger partial charge < -0.3 is 4.98 Å². The molecule has 0 radical (unpaired) electrons. The quantitative estimate of drug-likeness (QED) is 0.231. The van der Waals surface area contributed by atoms with E-state index in [1.807, 2.05) is 48.7 Å². The number of anilines is 1. The van der Waals surface area contributed by atoms with Gasteiger partial charge in [-0.05, 0) is 66.6 Å². The Balaban J connectivity index is 1.67. The third-order valence-corrected chi connectivity index (χ3v) is 7.18. The van der Waals surface area contributed by atoms with E-state index in [0.717, 1.165) is 34.9 Å². The van der Waals surface area contributed by atoms with E-state index in [1.54, 1.807) is 12.4 Å². The predicted molar refractivity (Wildman–Crippen MR) is 124 cm³/mol. The molecule has 0 aliphatic heterocycles. The molecule has 0 atom stereocenters. The number of fused-ring (bicyclic) bond motifs is 1. The topological polar surface area (TPSA) is 102 Å². The Bertz CT molecular complexity index is 1110. The highest BCUT2D eigenvalue weighted by atomic mass is 32.2. The SMILES string of the molecule is CCS(=O)(=O)N(CCCCCCC(=O)NO)c1ccc(-c2ccc3[nH]ccc3c2)cc1. The Labute approximate surface area is 183 Å². The number of carbonyl (C=O) groups excluding carboxylic acids is 1. The molecule has 31 heavy (non-hydrogen) atoms. The van der Waals surface area contributed by atoms with Crippen LogP contribution >= 0.6 is 0 Å². The smallest absolute Gasteiger partial charge is 0.243 e. The molecule has 0 spiro atoms. The van der Waals surface area contributed by atoms with Gasteiger partial charge in [-0.2, -0.15) is 0 Å². The summed E-state index contributed by atoms with van der Waals surface area (Å²) in [6.45, 7) is 2.05. The Kier molecular flexibility index (Phi) is 7.70. The lowest BCUT2D eigenvalue weighted by atomic mass is 10.0. The van der Waals surface area contributed by atoms with Crippen LogP contribution in [0.2, 0.25) is 0 Å². The van der Waals surface area contributed by atoms with E-state index in [4.69, 9.17) is 5.21 Å². The molecule has 0 aliphatic rings. The Hall–Kier alpha value is -2.84. The van der Waals surface area contributed by atoms with E-state index in [-0.39, 0.29) is 12.2 Å². The summed E-state index contributed by atoms with van der Waals surface area (Å²) in [6, 6.07) is 15.8. The van der Waals surface area contributed by atoms with Crippen molar-refractivity contribution in [3.8, 4) is 11.1 Å². The lowest BCUT2D eigenvalue weighted by molar-refractivity contribution is -0.129. The molecule has 0 bridgehead atoms. The maximum Gasteiger partial charge on any atom is 0.243 e. The molecular formula is C23H29N3O4S. The van der Waals surface area contributed by atoms with E-state index < -0.39 is 15.9 Å². The van der Waals surface area contributed by atoms with Crippen molar-refractivity contribution >= 4 is 32.5 Å². The highest BCUT2D eigenvalue weighted by molar-refractivity contribution is 7.92. The number of nitrogens with zero attached hydrogens (tertiary/aromatic N) is 1. The van der Waals surface area contributed by atoms with Crippen molar-refractivity contribution in [1.82, 2.24) is 10.5 Å². The van der Waals surface area contributed by atoms with Crippen LogP contribution in [0.25, 0.3) is 22.0 Å². The monoisotopic (exact) mass is 443 g/mol. The molecule has 1 heterocycles. The van der Waals surface area contributed by atoms with E-state index in [9.17, 15) is 13.2 Å². The van der Waals surface area contributed by atoms with Crippen molar-refractivity contribution in [1.29, 1.82) is 0 Å². The molecule has 7 nitrogen and oxygen atoms in total. The first-order chi connectivity index (χ1) is 14.9. The maximum atomic E-state index is 12.7. The molecular weight excluding hydrogens is 414 g/mol. The number of H-pyrrole nitrogens is 1. The van der Waals surface area contributed by atoms with Crippen molar-refractivity contribution in [2.75, 3.05) is 16.6 Å². The third kappa shape index (κ3) is 5.86. The molecule has 166 valence electrons. The summed E-state index contributed by atoms with van der Waals surface area (Å²) in [4.78, 5) is 14.2. The first-order valence-electron chi connectivity index (χ1n) is 10.6. The summed E-state index contributed by atoms with van der Waals surface area (Å²) >= 11 is 0. The van der Waals surface area contributed by atoms with Crippen molar-refractivity contribution in [3.05, 3.63) is 54.7 Å². The second-order valence-corrected chi connectivity index (χ2v) is 9.68. The average molecular weight is 444 g/mol. The van der Waals surface area contributed by atoms with E-state index in [0.29, 0.717) is 25.1 Å². The largest absolute Gasteiger partial charge is 0.361 e. The predicted octanol–water partition coefficient (Wildman–Crippen LogP) is 4.45. The molecule has 2 aromatic carbocycles. The summed E-state index contributed by atoms with van der Waals surface area (Å²) in [5.41, 5.74) is 5.47. The number of aromatic amines is 1. The van der Waals surface area contributed by atoms with Gasteiger partial charge >= 0.3 is 0 Å². The number of hydrogen-bond donors (Lipinski definition) is 3. The first-order valence-corrected chi connectivity index (χ1v) is 12.2. The fourth-order valence-corrected chi connectivity index (χ4v) is 4.75. The van der Waals surface area contributed by atoms with Crippen molar-refractivity contribution in [2.45, 2.75) is 39.0 Å². The normalized spacial score (nSPS) is 11.5. The Morgan fingerprint density at radius 1 is 1.00 bits per heavy atom. The second kappa shape index (κ2) is 10.5. The van der Waals surface area contributed by atoms with Crippen LogP contribution in [0, 0.1) is 0 Å². The minimum atomic E-state index is -3.39. The Morgan fingerprint density at radius 3 is 2.42 bits per heavy atom. The van der Waals surface area contributed by atoms with E-state index >= 15 is 0 Å². The molecule has 0 unspecified atom stereocenters. The van der Waals surface area contributed by atoms with Gasteiger partial charge in [-0.3, -0.25) is 14.3 Å². The fourth-order valence-electron chi connectivity index (χ4n) is 3.59. The summed E-state index contributed by atoms with van der Waals surface area (Å²) in [5.74, 6) is -0.360. The number of carbonyl (C=O) groups is 1. The third-order valence-electron chi connectivity index (χ3n) is 5.38. The number of hydrogen-bond acceptors (Lipinski definition) is 4. The van der Waals surface area contributed by atoms with Crippen LogP contribution in [-0.4, -0.2) is 36.8 Å². The number of nitrogens with one attached hydrogen (secondary N) is 2. The van der Waals surface area contributed by atoms with Gasteiger partial charge in [0.1, 0.15) is 0 Å². The maximum absolute atomic E-state index is 12.7. The molecule has 0 fully saturated rings. The number of rotatable bonds is 11. The minimum absolute atomic E-state index is 0.0373. The average Bonchev–Trinajstić information content (AvgIpc) is 3.26. The van der Waals surface area contributed by atoms with Gasteiger partial charge in [0.15, 0.2) is 0 Å². The van der Waals surface area contributed by atoms with Crippen LogP contribution in [-0.2, 0) is 14.8 Å². The highest BCUT2D eigenvalue weighted by Crippen LogP contribution is 2.27. The van der Waals surface area contributed by atoms with Crippen LogP contribution in [0.3, 0.4) is 0 Å². The van der Waals surface area contributed by atoms with Gasteiger partial charge in [0.25, 0.3) is 0 Å². The molecule has 1 amide bonds. The lowest BCUT2D eigenvalue weighted by Gasteiger charge is -2.24. The number of aromatic nitrogens is 1. The Morgan fingerprint density at radius 2 is 1.71 bits per heavy atom. The van der Waals surface area contributed by atoms with Gasteiger partial charge in [-0.1, -0.05) is 31.0 Å². The van der Waals surface area contributed by atoms with Crippen molar-refractivity contribution in [3.63, 3.8) is 0 Å². The molecule has 0 saturated heterocycles. The molecule has 3 N–H and O–H groups in total. The van der Waals surface area contributed by atoms with Crippen molar-refractivity contribution in [2.24, 2.45) is 0 Å². The number of unbranched alkanes of at least 4 members (excludes halogenated alkanes) is 3. The van der Waals surface area contributed by atoms with Crippen LogP contribution < -0.4 is 9.79 Å². The first kappa shape index (κ1) is 22.8. The van der Waals surface area contributed by atoms with Gasteiger partial charge in [0.2, 0.25) is 15.9 Å². The lowest BCUT2D eigenvalue weighted by Crippen LogP contribution is -2.33. The standard InChI is InChI=1S/C23H29N3O4S/c1-2-31(29,30)26(16-6-4-3-5-7-23(27)25-28)21-11-8-18(9-12-21)19-10-13-22-20(17-19)14-15-24-22/h8-15,17,24,28H,2-7,16H2,1H3,(H,25,27). The highest BCUT2D eigenvalue weighted by Gasteiger charge is 2.20. The zero-order chi connectivity index (χ0) is 22.3. The number of benzene rings is 2. The summed E-state index contributed by atoms with van der Waals surface area (Å²) in [5, 5.41) is 9.64. The van der Waals surface area contributed by atoms with Crippen LogP contribution in [0.5, 0.6) is 0 Å². The van der Waals surface area contributed by atoms with E-state index in [2.05, 4.69) is 11.1 Å². The molecule has 1 aromatic heterocycles. The van der Waals surface area contributed by atoms with Gasteiger partial charge in [0.05, 0.1) is 11.4 Å². The molecule has 8 heteroatoms. The summed E-state index contributed by atoms with van der Waals surface area (Å²) in [7, 11) is -3.39. The van der Waals surface area contributed by atoms with E-state index in [1.165, 1.54) is 4.31 Å². The number of amides is 1. The summed E-state index contributed by atoms with van der Waals surface area (Å²) in [6.07, 6.45) is 5.14. The van der Waals surface area contributed by atoms with Crippen LogP contribution in [0.4, 0.5) is 5.69 Å². The number of sulfonamides is 1. The minimum Gasteiger partial charge on any atom is -0.361 e. The van der Waals surface area contributed by atoms with Crippen LogP contribution in [0.1, 0.15) is 39.0 Å². The molecule has 3 aromatic rings. The fraction of sp³-hybridized carbons (Fsp3) is 0.348. The van der Waals surface area contributed by atoms with Crippen molar-refractivity contribution < 1.29 is 18.4 Å². The molecule has 0 aliphatic carbocycles. The summed E-state index contributed by atoms with van der Waals surface area (Å²) < 4.78 is 26.8. The van der Waals surface area contributed by atoms with Crippen LogP contribution in [0.15, 0.2) is 54.7 Å². The zero-order valence-corrected chi connectivity index (χ0v) is 18.5. The van der Waals surface area contributed by atoms with Gasteiger partial charge in [0, 0.05) is 24.7 Å². The number of hydroxylamine groups is 1. The second-order valence-electron chi connectivity index (χ2n) is 7.50. The van der Waals surface area contributed by atoms with Gasteiger partial charge in [-0.15, -0.1) is 0 Å². The van der Waals surface area contributed by atoms with Gasteiger partial charge in [-0.25, -0.2) is 13.9 Å². The molecule has 3 rings (SSSR count).